The molecule has 0 radical (unpaired) electrons. The van der Waals surface area contributed by atoms with E-state index in [1.54, 1.807) is 24.3 Å². The van der Waals surface area contributed by atoms with Crippen LogP contribution in [0.25, 0.3) is 22.2 Å². The molecule has 4 aromatic rings. The van der Waals surface area contributed by atoms with Crippen molar-refractivity contribution in [2.75, 3.05) is 5.32 Å². The lowest BCUT2D eigenvalue weighted by molar-refractivity contribution is 0.0547. The van der Waals surface area contributed by atoms with E-state index in [1.807, 2.05) is 69.3 Å². The van der Waals surface area contributed by atoms with Gasteiger partial charge < -0.3 is 10.1 Å². The van der Waals surface area contributed by atoms with Crippen LogP contribution in [0.1, 0.15) is 31.9 Å². The summed E-state index contributed by atoms with van der Waals surface area (Å²) < 4.78 is 7.17. The van der Waals surface area contributed by atoms with Crippen LogP contribution in [0.2, 0.25) is 0 Å². The molecule has 6 heteroatoms. The minimum atomic E-state index is -0.660. The number of hydrogen-bond donors (Lipinski definition) is 1. The lowest BCUT2D eigenvalue weighted by atomic mass is 10.1. The molecule has 0 amide bonds. The zero-order chi connectivity index (χ0) is 23.6. The second kappa shape index (κ2) is 8.53. The largest absolute Gasteiger partial charge is 0.443 e. The Kier molecular flexibility index (Phi) is 5.60. The van der Waals surface area contributed by atoms with Crippen molar-refractivity contribution in [2.45, 2.75) is 26.4 Å². The molecule has 33 heavy (non-hydrogen) atoms. The summed E-state index contributed by atoms with van der Waals surface area (Å²) in [4.78, 5) is 13.1. The number of carbonyl (C=O) groups is 1. The van der Waals surface area contributed by atoms with Gasteiger partial charge in [-0.15, -0.1) is 0 Å². The van der Waals surface area contributed by atoms with E-state index in [9.17, 15) is 10.1 Å². The van der Waals surface area contributed by atoms with E-state index in [0.29, 0.717) is 22.3 Å². The lowest BCUT2D eigenvalue weighted by Gasteiger charge is -2.21. The van der Waals surface area contributed by atoms with Crippen LogP contribution in [0, 0.1) is 22.7 Å². The van der Waals surface area contributed by atoms with Crippen LogP contribution >= 0.6 is 0 Å². The zero-order valence-corrected chi connectivity index (χ0v) is 18.6. The molecule has 0 unspecified atom stereocenters. The maximum Gasteiger partial charge on any atom is 0.419 e. The van der Waals surface area contributed by atoms with Crippen molar-refractivity contribution in [3.8, 4) is 23.4 Å². The Bertz CT molecular complexity index is 1410. The number of aromatic nitrogens is 1. The number of hydrogen-bond acceptors (Lipinski definition) is 5. The van der Waals surface area contributed by atoms with Crippen LogP contribution in [0.4, 0.5) is 16.2 Å². The fourth-order valence-corrected chi connectivity index (χ4v) is 3.51. The second-order valence-corrected chi connectivity index (χ2v) is 8.62. The standard InChI is InChI=1S/C27H22N4O2/c1-27(2,3)33-26(32)31-24-14-19(17-29)4-7-21(24)15-25(31)20-8-12-23(13-9-20)30-22-10-5-18(16-28)6-11-22/h4-15,30H,1-3H3. The van der Waals surface area contributed by atoms with Crippen molar-refractivity contribution in [2.24, 2.45) is 0 Å². The molecular weight excluding hydrogens is 412 g/mol. The van der Waals surface area contributed by atoms with Crippen molar-refractivity contribution in [1.82, 2.24) is 4.57 Å². The molecule has 1 aromatic heterocycles. The first-order valence-corrected chi connectivity index (χ1v) is 10.4. The van der Waals surface area contributed by atoms with Gasteiger partial charge in [-0.3, -0.25) is 0 Å². The van der Waals surface area contributed by atoms with Crippen LogP contribution in [0.15, 0.2) is 72.8 Å². The first-order chi connectivity index (χ1) is 15.8. The van der Waals surface area contributed by atoms with Crippen molar-refractivity contribution in [3.05, 3.63) is 83.9 Å². The molecule has 4 rings (SSSR count). The highest BCUT2D eigenvalue weighted by Gasteiger charge is 2.23. The summed E-state index contributed by atoms with van der Waals surface area (Å²) >= 11 is 0. The van der Waals surface area contributed by atoms with Gasteiger partial charge in [0.15, 0.2) is 0 Å². The Labute approximate surface area is 192 Å². The van der Waals surface area contributed by atoms with Gasteiger partial charge >= 0.3 is 6.09 Å². The molecule has 0 aliphatic rings. The van der Waals surface area contributed by atoms with Crippen LogP contribution < -0.4 is 5.32 Å². The summed E-state index contributed by atoms with van der Waals surface area (Å²) in [5.41, 5.74) is 4.29. The normalized spacial score (nSPS) is 10.9. The number of anilines is 2. The van der Waals surface area contributed by atoms with Gasteiger partial charge in [-0.1, -0.05) is 18.2 Å². The maximum atomic E-state index is 13.1. The van der Waals surface area contributed by atoms with E-state index in [2.05, 4.69) is 17.5 Å². The molecule has 0 atom stereocenters. The molecule has 0 bridgehead atoms. The van der Waals surface area contributed by atoms with Gasteiger partial charge in [0.2, 0.25) is 0 Å². The van der Waals surface area contributed by atoms with E-state index >= 15 is 0 Å². The van der Waals surface area contributed by atoms with Crippen LogP contribution in [0.3, 0.4) is 0 Å². The Balaban J connectivity index is 1.72. The fraction of sp³-hybridized carbons (Fsp3) is 0.148. The van der Waals surface area contributed by atoms with Gasteiger partial charge in [0, 0.05) is 16.8 Å². The Morgan fingerprint density at radius 3 is 2.00 bits per heavy atom. The second-order valence-electron chi connectivity index (χ2n) is 8.62. The summed E-state index contributed by atoms with van der Waals surface area (Å²) in [5.74, 6) is 0. The number of nitrogens with zero attached hydrogens (tertiary/aromatic N) is 3. The van der Waals surface area contributed by atoms with E-state index in [4.69, 9.17) is 10.00 Å². The van der Waals surface area contributed by atoms with Crippen LogP contribution in [-0.2, 0) is 4.74 Å². The number of carbonyl (C=O) groups excluding carboxylic acids is 1. The molecule has 1 N–H and O–H groups in total. The average Bonchev–Trinajstić information content (AvgIpc) is 3.17. The number of benzene rings is 3. The lowest BCUT2D eigenvalue weighted by Crippen LogP contribution is -2.27. The maximum absolute atomic E-state index is 13.1. The SMILES string of the molecule is CC(C)(C)OC(=O)n1c(-c2ccc(Nc3ccc(C#N)cc3)cc2)cc2ccc(C#N)cc21. The minimum Gasteiger partial charge on any atom is -0.443 e. The smallest absolute Gasteiger partial charge is 0.419 e. The Morgan fingerprint density at radius 2 is 1.42 bits per heavy atom. The number of nitrogens with one attached hydrogen (secondary N) is 1. The third-order valence-corrected chi connectivity index (χ3v) is 4.99. The first-order valence-electron chi connectivity index (χ1n) is 10.4. The highest BCUT2D eigenvalue weighted by Crippen LogP contribution is 2.31. The molecule has 0 saturated heterocycles. The summed E-state index contributed by atoms with van der Waals surface area (Å²) in [5, 5.41) is 22.4. The highest BCUT2D eigenvalue weighted by atomic mass is 16.6. The molecule has 3 aromatic carbocycles. The Hall–Kier alpha value is -4.55. The van der Waals surface area contributed by atoms with E-state index < -0.39 is 11.7 Å². The predicted octanol–water partition coefficient (Wildman–Crippen LogP) is 6.58. The van der Waals surface area contributed by atoms with Crippen molar-refractivity contribution >= 4 is 28.4 Å². The van der Waals surface area contributed by atoms with E-state index in [1.165, 1.54) is 4.57 Å². The third kappa shape index (κ3) is 4.71. The van der Waals surface area contributed by atoms with Gasteiger partial charge in [-0.05, 0) is 80.9 Å². The molecule has 0 fully saturated rings. The third-order valence-electron chi connectivity index (χ3n) is 4.99. The molecule has 0 spiro atoms. The monoisotopic (exact) mass is 434 g/mol. The number of nitriles is 2. The van der Waals surface area contributed by atoms with Gasteiger partial charge in [0.1, 0.15) is 5.60 Å². The number of ether oxygens (including phenoxy) is 1. The quantitative estimate of drug-likeness (QED) is 0.393. The molecule has 0 aliphatic carbocycles. The molecule has 6 nitrogen and oxygen atoms in total. The fourth-order valence-electron chi connectivity index (χ4n) is 3.51. The first kappa shape index (κ1) is 21.7. The minimum absolute atomic E-state index is 0.471. The Morgan fingerprint density at radius 1 is 0.848 bits per heavy atom. The number of fused-ring (bicyclic) bond motifs is 1. The van der Waals surface area contributed by atoms with Gasteiger partial charge in [-0.2, -0.15) is 10.5 Å². The van der Waals surface area contributed by atoms with Gasteiger partial charge in [0.05, 0.1) is 34.5 Å². The predicted molar refractivity (Wildman–Crippen MR) is 128 cm³/mol. The number of rotatable bonds is 3. The van der Waals surface area contributed by atoms with Crippen molar-refractivity contribution in [3.63, 3.8) is 0 Å². The molecule has 1 heterocycles. The van der Waals surface area contributed by atoms with Gasteiger partial charge in [0.25, 0.3) is 0 Å². The van der Waals surface area contributed by atoms with Gasteiger partial charge in [-0.25, -0.2) is 9.36 Å². The highest BCUT2D eigenvalue weighted by molar-refractivity contribution is 5.97. The van der Waals surface area contributed by atoms with Crippen molar-refractivity contribution < 1.29 is 9.53 Å². The summed E-state index contributed by atoms with van der Waals surface area (Å²) in [6.45, 7) is 5.46. The molecule has 162 valence electrons. The van der Waals surface area contributed by atoms with Crippen LogP contribution in [-0.4, -0.2) is 16.3 Å². The summed E-state index contributed by atoms with van der Waals surface area (Å²) in [6.07, 6.45) is -0.498. The van der Waals surface area contributed by atoms with E-state index in [0.717, 1.165) is 22.3 Å². The van der Waals surface area contributed by atoms with Crippen molar-refractivity contribution in [1.29, 1.82) is 10.5 Å². The average molecular weight is 434 g/mol. The molecular formula is C27H22N4O2. The van der Waals surface area contributed by atoms with E-state index in [-0.39, 0.29) is 0 Å². The zero-order valence-electron chi connectivity index (χ0n) is 18.6. The molecule has 0 saturated carbocycles. The summed E-state index contributed by atoms with van der Waals surface area (Å²) in [6, 6.07) is 26.3. The van der Waals surface area contributed by atoms with Crippen LogP contribution in [0.5, 0.6) is 0 Å². The molecule has 0 aliphatic heterocycles. The topological polar surface area (TPSA) is 90.8 Å². The summed E-state index contributed by atoms with van der Waals surface area (Å²) in [7, 11) is 0.